The molecule has 1 spiro atoms. The van der Waals surface area contributed by atoms with Crippen LogP contribution in [0.1, 0.15) is 48.0 Å². The molecule has 0 bridgehead atoms. The fourth-order valence-corrected chi connectivity index (χ4v) is 3.08. The molecular formula is C17H23NO3. The third-order valence-electron chi connectivity index (χ3n) is 4.33. The Balaban J connectivity index is 1.49. The molecule has 21 heavy (non-hydrogen) atoms. The van der Waals surface area contributed by atoms with E-state index in [1.807, 2.05) is 31.2 Å². The predicted molar refractivity (Wildman–Crippen MR) is 80.2 cm³/mol. The van der Waals surface area contributed by atoms with Crippen molar-refractivity contribution in [3.05, 3.63) is 35.4 Å². The number of aryl methyl sites for hydroxylation is 1. The van der Waals surface area contributed by atoms with Crippen LogP contribution in [0.5, 0.6) is 0 Å². The van der Waals surface area contributed by atoms with Crippen molar-refractivity contribution in [1.29, 1.82) is 0 Å². The van der Waals surface area contributed by atoms with Crippen LogP contribution in [-0.4, -0.2) is 30.9 Å². The summed E-state index contributed by atoms with van der Waals surface area (Å²) in [4.78, 5) is 12.1. The molecule has 1 saturated carbocycles. The molecule has 1 atom stereocenters. The van der Waals surface area contributed by atoms with Gasteiger partial charge in [0.2, 0.25) is 0 Å². The lowest BCUT2D eigenvalue weighted by atomic mass is 9.94. The van der Waals surface area contributed by atoms with Gasteiger partial charge in [0.05, 0.1) is 6.61 Å². The first-order chi connectivity index (χ1) is 10.2. The molecular weight excluding hydrogens is 266 g/mol. The average molecular weight is 289 g/mol. The van der Waals surface area contributed by atoms with Gasteiger partial charge in [0, 0.05) is 24.9 Å². The molecule has 1 saturated heterocycles. The second-order valence-corrected chi connectivity index (χ2v) is 6.10. The van der Waals surface area contributed by atoms with Crippen molar-refractivity contribution in [2.75, 3.05) is 13.2 Å². The summed E-state index contributed by atoms with van der Waals surface area (Å²) < 4.78 is 11.9. The summed E-state index contributed by atoms with van der Waals surface area (Å²) in [5, 5.41) is 2.94. The molecule has 1 N–H and O–H groups in total. The minimum absolute atomic E-state index is 0.0301. The molecule has 2 aliphatic rings. The second kappa shape index (κ2) is 6.16. The van der Waals surface area contributed by atoms with Crippen LogP contribution in [0.3, 0.4) is 0 Å². The number of carbonyl (C=O) groups is 1. The molecule has 1 amide bonds. The summed E-state index contributed by atoms with van der Waals surface area (Å²) in [5.74, 6) is -0.416. The van der Waals surface area contributed by atoms with E-state index in [2.05, 4.69) is 5.32 Å². The van der Waals surface area contributed by atoms with Crippen molar-refractivity contribution in [2.45, 2.75) is 50.9 Å². The fraction of sp³-hybridized carbons (Fsp3) is 0.588. The number of rotatable bonds is 3. The van der Waals surface area contributed by atoms with Crippen molar-refractivity contribution >= 4 is 5.91 Å². The minimum Gasteiger partial charge on any atom is -0.349 e. The topological polar surface area (TPSA) is 47.6 Å². The lowest BCUT2D eigenvalue weighted by Gasteiger charge is -2.31. The summed E-state index contributed by atoms with van der Waals surface area (Å²) in [6.07, 6.45) is 5.54. The van der Waals surface area contributed by atoms with Gasteiger partial charge >= 0.3 is 0 Å². The second-order valence-electron chi connectivity index (χ2n) is 6.10. The zero-order valence-electron chi connectivity index (χ0n) is 12.6. The van der Waals surface area contributed by atoms with Crippen LogP contribution in [0.25, 0.3) is 0 Å². The van der Waals surface area contributed by atoms with E-state index >= 15 is 0 Å². The Morgan fingerprint density at radius 2 is 1.95 bits per heavy atom. The SMILES string of the molecule is Cc1ccc(C(=O)NCC2COC3(CCCCC3)O2)cc1. The largest absolute Gasteiger partial charge is 0.349 e. The van der Waals surface area contributed by atoms with Gasteiger partial charge in [-0.05, 0) is 31.9 Å². The van der Waals surface area contributed by atoms with Gasteiger partial charge in [-0.2, -0.15) is 0 Å². The van der Waals surface area contributed by atoms with Crippen molar-refractivity contribution < 1.29 is 14.3 Å². The first-order valence-corrected chi connectivity index (χ1v) is 7.84. The van der Waals surface area contributed by atoms with Gasteiger partial charge in [0.25, 0.3) is 5.91 Å². The molecule has 114 valence electrons. The number of hydrogen-bond acceptors (Lipinski definition) is 3. The molecule has 1 aromatic carbocycles. The predicted octanol–water partition coefficient (Wildman–Crippen LogP) is 2.80. The lowest BCUT2D eigenvalue weighted by Crippen LogP contribution is -2.37. The van der Waals surface area contributed by atoms with Crippen LogP contribution in [-0.2, 0) is 9.47 Å². The zero-order chi connectivity index (χ0) is 14.7. The molecule has 1 unspecified atom stereocenters. The summed E-state index contributed by atoms with van der Waals surface area (Å²) in [6, 6.07) is 7.58. The first-order valence-electron chi connectivity index (χ1n) is 7.84. The fourth-order valence-electron chi connectivity index (χ4n) is 3.08. The Labute approximate surface area is 125 Å². The van der Waals surface area contributed by atoms with Crippen LogP contribution in [0.15, 0.2) is 24.3 Å². The van der Waals surface area contributed by atoms with Crippen LogP contribution < -0.4 is 5.32 Å². The summed E-state index contributed by atoms with van der Waals surface area (Å²) in [5.41, 5.74) is 1.84. The number of nitrogens with one attached hydrogen (secondary N) is 1. The van der Waals surface area contributed by atoms with Crippen LogP contribution >= 0.6 is 0 Å². The highest BCUT2D eigenvalue weighted by Gasteiger charge is 2.42. The number of benzene rings is 1. The minimum atomic E-state index is -0.364. The number of amides is 1. The van der Waals surface area contributed by atoms with Crippen molar-refractivity contribution in [2.24, 2.45) is 0 Å². The van der Waals surface area contributed by atoms with E-state index in [4.69, 9.17) is 9.47 Å². The van der Waals surface area contributed by atoms with Crippen molar-refractivity contribution in [1.82, 2.24) is 5.32 Å². The van der Waals surface area contributed by atoms with Crippen LogP contribution in [0, 0.1) is 6.92 Å². The van der Waals surface area contributed by atoms with E-state index in [0.29, 0.717) is 18.7 Å². The van der Waals surface area contributed by atoms with Gasteiger partial charge in [-0.25, -0.2) is 0 Å². The summed E-state index contributed by atoms with van der Waals surface area (Å²) in [7, 11) is 0. The van der Waals surface area contributed by atoms with Crippen LogP contribution in [0.2, 0.25) is 0 Å². The molecule has 1 aliphatic heterocycles. The van der Waals surface area contributed by atoms with Crippen LogP contribution in [0.4, 0.5) is 0 Å². The third-order valence-corrected chi connectivity index (χ3v) is 4.33. The normalized spacial score (nSPS) is 24.1. The quantitative estimate of drug-likeness (QED) is 0.931. The number of hydrogen-bond donors (Lipinski definition) is 1. The van der Waals surface area contributed by atoms with E-state index in [1.165, 1.54) is 19.3 Å². The molecule has 0 aromatic heterocycles. The van der Waals surface area contributed by atoms with Gasteiger partial charge in [-0.3, -0.25) is 4.79 Å². The first kappa shape index (κ1) is 14.5. The molecule has 4 heteroatoms. The molecule has 1 aliphatic carbocycles. The maximum absolute atomic E-state index is 12.1. The number of ether oxygens (including phenoxy) is 2. The lowest BCUT2D eigenvalue weighted by molar-refractivity contribution is -0.186. The summed E-state index contributed by atoms with van der Waals surface area (Å²) in [6.45, 7) is 3.09. The molecule has 1 aromatic rings. The Kier molecular flexibility index (Phi) is 4.27. The van der Waals surface area contributed by atoms with Gasteiger partial charge in [0.1, 0.15) is 6.10 Å². The molecule has 3 rings (SSSR count). The summed E-state index contributed by atoms with van der Waals surface area (Å²) >= 11 is 0. The van der Waals surface area contributed by atoms with Crippen molar-refractivity contribution in [3.8, 4) is 0 Å². The maximum atomic E-state index is 12.1. The highest BCUT2D eigenvalue weighted by atomic mass is 16.7. The average Bonchev–Trinajstić information content (AvgIpc) is 2.89. The van der Waals surface area contributed by atoms with E-state index in [-0.39, 0.29) is 17.8 Å². The van der Waals surface area contributed by atoms with Gasteiger partial charge in [-0.15, -0.1) is 0 Å². The highest BCUT2D eigenvalue weighted by Crippen LogP contribution is 2.37. The van der Waals surface area contributed by atoms with Gasteiger partial charge in [-0.1, -0.05) is 24.1 Å². The van der Waals surface area contributed by atoms with E-state index in [9.17, 15) is 4.79 Å². The Morgan fingerprint density at radius 1 is 1.24 bits per heavy atom. The zero-order valence-corrected chi connectivity index (χ0v) is 12.6. The van der Waals surface area contributed by atoms with E-state index in [1.54, 1.807) is 0 Å². The molecule has 4 nitrogen and oxygen atoms in total. The van der Waals surface area contributed by atoms with E-state index in [0.717, 1.165) is 18.4 Å². The molecule has 1 heterocycles. The molecule has 2 fully saturated rings. The van der Waals surface area contributed by atoms with Gasteiger partial charge in [0.15, 0.2) is 5.79 Å². The van der Waals surface area contributed by atoms with E-state index < -0.39 is 0 Å². The Morgan fingerprint density at radius 3 is 2.67 bits per heavy atom. The monoisotopic (exact) mass is 289 g/mol. The Hall–Kier alpha value is -1.39. The maximum Gasteiger partial charge on any atom is 0.251 e. The standard InChI is InChI=1S/C17H23NO3/c1-13-5-7-14(8-6-13)16(19)18-11-15-12-20-17(21-15)9-3-2-4-10-17/h5-8,15H,2-4,9-12H2,1H3,(H,18,19). The highest BCUT2D eigenvalue weighted by molar-refractivity contribution is 5.94. The van der Waals surface area contributed by atoms with Crippen molar-refractivity contribution in [3.63, 3.8) is 0 Å². The Bertz CT molecular complexity index is 491. The van der Waals surface area contributed by atoms with Gasteiger partial charge < -0.3 is 14.8 Å². The third kappa shape index (κ3) is 3.44. The molecule has 0 radical (unpaired) electrons. The smallest absolute Gasteiger partial charge is 0.251 e. The number of carbonyl (C=O) groups excluding carboxylic acids is 1.